The Balaban J connectivity index is 1.95. The number of benzene rings is 1. The number of anilines is 1. The Morgan fingerprint density at radius 2 is 1.95 bits per heavy atom. The first kappa shape index (κ1) is 16.3. The molecule has 0 aliphatic carbocycles. The van der Waals surface area contributed by atoms with Crippen LogP contribution in [0.15, 0.2) is 24.3 Å². The zero-order valence-electron chi connectivity index (χ0n) is 13.6. The van der Waals surface area contributed by atoms with Crippen molar-refractivity contribution in [3.05, 3.63) is 29.8 Å². The van der Waals surface area contributed by atoms with Crippen LogP contribution in [0.3, 0.4) is 0 Å². The Hall–Kier alpha value is -2.04. The average Bonchev–Trinajstić information content (AvgIpc) is 2.55. The number of carbonyl (C=O) groups excluding carboxylic acids is 2. The molecule has 1 saturated heterocycles. The largest absolute Gasteiger partial charge is 0.378 e. The summed E-state index contributed by atoms with van der Waals surface area (Å²) >= 11 is 0. The van der Waals surface area contributed by atoms with Crippen LogP contribution in [0.5, 0.6) is 0 Å². The topological polar surface area (TPSA) is 52.7 Å². The summed E-state index contributed by atoms with van der Waals surface area (Å²) in [5.74, 6) is 0.160. The molecule has 1 N–H and O–H groups in total. The van der Waals surface area contributed by atoms with Crippen LogP contribution in [-0.4, -0.2) is 49.9 Å². The zero-order valence-corrected chi connectivity index (χ0v) is 13.6. The number of hydrogen-bond acceptors (Lipinski definition) is 3. The van der Waals surface area contributed by atoms with Gasteiger partial charge in [0.15, 0.2) is 0 Å². The molecule has 1 fully saturated rings. The number of amides is 2. The van der Waals surface area contributed by atoms with Crippen LogP contribution in [-0.2, 0) is 4.79 Å². The van der Waals surface area contributed by atoms with E-state index >= 15 is 0 Å². The average molecular weight is 303 g/mol. The van der Waals surface area contributed by atoms with E-state index in [9.17, 15) is 9.59 Å². The summed E-state index contributed by atoms with van der Waals surface area (Å²) in [6.07, 6.45) is 2.16. The molecule has 1 aromatic rings. The smallest absolute Gasteiger partial charge is 0.253 e. The van der Waals surface area contributed by atoms with E-state index in [-0.39, 0.29) is 17.9 Å². The van der Waals surface area contributed by atoms with E-state index in [2.05, 4.69) is 5.32 Å². The van der Waals surface area contributed by atoms with Crippen molar-refractivity contribution in [3.63, 3.8) is 0 Å². The number of rotatable bonds is 4. The van der Waals surface area contributed by atoms with Crippen molar-refractivity contribution in [3.8, 4) is 0 Å². The van der Waals surface area contributed by atoms with Gasteiger partial charge in [-0.05, 0) is 31.0 Å². The molecule has 0 bridgehead atoms. The fraction of sp³-hybridized carbons (Fsp3) is 0.529. The molecule has 22 heavy (non-hydrogen) atoms. The van der Waals surface area contributed by atoms with E-state index < -0.39 is 0 Å². The standard InChI is InChI=1S/C17H25N3O2/c1-4-16(21)18-14-8-10-20(11-9-14)17(22)13-6-5-7-15(12-13)19(2)3/h5-7,12,14H,4,8-11H2,1-3H3,(H,18,21). The third kappa shape index (κ3) is 4.00. The van der Waals surface area contributed by atoms with Crippen molar-refractivity contribution < 1.29 is 9.59 Å². The van der Waals surface area contributed by atoms with Gasteiger partial charge in [0, 0.05) is 50.9 Å². The third-order valence-electron chi connectivity index (χ3n) is 4.08. The van der Waals surface area contributed by atoms with Crippen molar-refractivity contribution in [1.82, 2.24) is 10.2 Å². The molecule has 5 nitrogen and oxygen atoms in total. The van der Waals surface area contributed by atoms with Crippen molar-refractivity contribution >= 4 is 17.5 Å². The molecule has 0 radical (unpaired) electrons. The second kappa shape index (κ2) is 7.29. The molecule has 0 spiro atoms. The van der Waals surface area contributed by atoms with Crippen LogP contribution in [0.25, 0.3) is 0 Å². The molecule has 1 aliphatic heterocycles. The molecule has 1 aromatic carbocycles. The summed E-state index contributed by atoms with van der Waals surface area (Å²) in [4.78, 5) is 27.9. The number of hydrogen-bond donors (Lipinski definition) is 1. The lowest BCUT2D eigenvalue weighted by Gasteiger charge is -2.32. The van der Waals surface area contributed by atoms with Gasteiger partial charge in [-0.3, -0.25) is 9.59 Å². The highest BCUT2D eigenvalue weighted by molar-refractivity contribution is 5.95. The van der Waals surface area contributed by atoms with Crippen molar-refractivity contribution in [2.75, 3.05) is 32.1 Å². The van der Waals surface area contributed by atoms with Crippen molar-refractivity contribution in [1.29, 1.82) is 0 Å². The number of nitrogens with zero attached hydrogens (tertiary/aromatic N) is 2. The molecule has 5 heteroatoms. The number of likely N-dealkylation sites (tertiary alicyclic amines) is 1. The van der Waals surface area contributed by atoms with Gasteiger partial charge in [-0.25, -0.2) is 0 Å². The van der Waals surface area contributed by atoms with Crippen molar-refractivity contribution in [2.24, 2.45) is 0 Å². The number of piperidine rings is 1. The predicted molar refractivity (Wildman–Crippen MR) is 88.1 cm³/mol. The Morgan fingerprint density at radius 1 is 1.27 bits per heavy atom. The van der Waals surface area contributed by atoms with E-state index in [0.29, 0.717) is 19.5 Å². The van der Waals surface area contributed by atoms with Gasteiger partial charge in [0.05, 0.1) is 0 Å². The molecule has 2 rings (SSSR count). The quantitative estimate of drug-likeness (QED) is 0.924. The normalized spacial score (nSPS) is 15.5. The molecule has 1 heterocycles. The first-order valence-corrected chi connectivity index (χ1v) is 7.87. The van der Waals surface area contributed by atoms with Gasteiger partial charge in [-0.1, -0.05) is 13.0 Å². The van der Waals surface area contributed by atoms with E-state index in [4.69, 9.17) is 0 Å². The van der Waals surface area contributed by atoms with Crippen LogP contribution in [0.2, 0.25) is 0 Å². The minimum absolute atomic E-state index is 0.0731. The Kier molecular flexibility index (Phi) is 5.41. The second-order valence-corrected chi connectivity index (χ2v) is 5.93. The maximum Gasteiger partial charge on any atom is 0.253 e. The predicted octanol–water partition coefficient (Wildman–Crippen LogP) is 1.88. The Morgan fingerprint density at radius 3 is 2.55 bits per heavy atom. The molecular weight excluding hydrogens is 278 g/mol. The number of carbonyl (C=O) groups is 2. The van der Waals surface area contributed by atoms with Gasteiger partial charge in [-0.15, -0.1) is 0 Å². The van der Waals surface area contributed by atoms with Crippen LogP contribution in [0, 0.1) is 0 Å². The second-order valence-electron chi connectivity index (χ2n) is 5.93. The van der Waals surface area contributed by atoms with E-state index in [0.717, 1.165) is 24.1 Å². The van der Waals surface area contributed by atoms with Crippen LogP contribution in [0.4, 0.5) is 5.69 Å². The monoisotopic (exact) mass is 303 g/mol. The lowest BCUT2D eigenvalue weighted by Crippen LogP contribution is -2.46. The highest BCUT2D eigenvalue weighted by atomic mass is 16.2. The SMILES string of the molecule is CCC(=O)NC1CCN(C(=O)c2cccc(N(C)C)c2)CC1. The molecule has 120 valence electrons. The summed E-state index contributed by atoms with van der Waals surface area (Å²) in [5.41, 5.74) is 1.75. The molecular formula is C17H25N3O2. The minimum Gasteiger partial charge on any atom is -0.378 e. The summed E-state index contributed by atoms with van der Waals surface area (Å²) in [5, 5.41) is 3.01. The van der Waals surface area contributed by atoms with Crippen LogP contribution >= 0.6 is 0 Å². The molecule has 0 atom stereocenters. The minimum atomic E-state index is 0.0731. The van der Waals surface area contributed by atoms with Gasteiger partial charge in [0.25, 0.3) is 5.91 Å². The van der Waals surface area contributed by atoms with Gasteiger partial charge >= 0.3 is 0 Å². The molecule has 2 amide bonds. The Bertz CT molecular complexity index is 534. The van der Waals surface area contributed by atoms with E-state index in [1.807, 2.05) is 55.1 Å². The van der Waals surface area contributed by atoms with Crippen LogP contribution < -0.4 is 10.2 Å². The summed E-state index contributed by atoms with van der Waals surface area (Å²) in [7, 11) is 3.93. The third-order valence-corrected chi connectivity index (χ3v) is 4.08. The van der Waals surface area contributed by atoms with Gasteiger partial charge in [-0.2, -0.15) is 0 Å². The first-order chi connectivity index (χ1) is 10.5. The summed E-state index contributed by atoms with van der Waals surface area (Å²) in [6.45, 7) is 3.24. The first-order valence-electron chi connectivity index (χ1n) is 7.87. The van der Waals surface area contributed by atoms with Gasteiger partial charge < -0.3 is 15.1 Å². The molecule has 0 unspecified atom stereocenters. The molecule has 1 aliphatic rings. The summed E-state index contributed by atoms with van der Waals surface area (Å²) < 4.78 is 0. The fourth-order valence-corrected chi connectivity index (χ4v) is 2.66. The Labute approximate surface area is 132 Å². The van der Waals surface area contributed by atoms with E-state index in [1.165, 1.54) is 0 Å². The number of nitrogens with one attached hydrogen (secondary N) is 1. The maximum atomic E-state index is 12.6. The van der Waals surface area contributed by atoms with E-state index in [1.54, 1.807) is 0 Å². The fourth-order valence-electron chi connectivity index (χ4n) is 2.66. The highest BCUT2D eigenvalue weighted by Gasteiger charge is 2.24. The van der Waals surface area contributed by atoms with Gasteiger partial charge in [0.2, 0.25) is 5.91 Å². The van der Waals surface area contributed by atoms with Gasteiger partial charge in [0.1, 0.15) is 0 Å². The highest BCUT2D eigenvalue weighted by Crippen LogP contribution is 2.18. The molecule has 0 aromatic heterocycles. The zero-order chi connectivity index (χ0) is 16.1. The van der Waals surface area contributed by atoms with Crippen LogP contribution in [0.1, 0.15) is 36.5 Å². The summed E-state index contributed by atoms with van der Waals surface area (Å²) in [6, 6.07) is 7.89. The maximum absolute atomic E-state index is 12.6. The molecule has 0 saturated carbocycles. The lowest BCUT2D eigenvalue weighted by molar-refractivity contribution is -0.121. The lowest BCUT2D eigenvalue weighted by atomic mass is 10.0. The van der Waals surface area contributed by atoms with Crippen molar-refractivity contribution in [2.45, 2.75) is 32.2 Å².